The molecule has 1 fully saturated rings. The van der Waals surface area contributed by atoms with Crippen molar-refractivity contribution < 1.29 is 24.2 Å². The van der Waals surface area contributed by atoms with E-state index in [1.165, 1.54) is 14.2 Å². The molecule has 0 saturated heterocycles. The van der Waals surface area contributed by atoms with Crippen LogP contribution in [-0.4, -0.2) is 36.9 Å². The van der Waals surface area contributed by atoms with Gasteiger partial charge in [-0.05, 0) is 55.9 Å². The zero-order valence-corrected chi connectivity index (χ0v) is 15.7. The van der Waals surface area contributed by atoms with Crippen molar-refractivity contribution in [2.45, 2.75) is 51.0 Å². The molecule has 5 nitrogen and oxygen atoms in total. The van der Waals surface area contributed by atoms with Gasteiger partial charge in [-0.15, -0.1) is 0 Å². The lowest BCUT2D eigenvalue weighted by Crippen LogP contribution is -2.38. The molecule has 1 N–H and O–H groups in total. The van der Waals surface area contributed by atoms with Gasteiger partial charge in [-0.2, -0.15) is 0 Å². The number of allylic oxidation sites excluding steroid dienone is 4. The van der Waals surface area contributed by atoms with Gasteiger partial charge < -0.3 is 14.6 Å². The van der Waals surface area contributed by atoms with Gasteiger partial charge in [0.05, 0.1) is 14.2 Å². The van der Waals surface area contributed by atoms with Crippen molar-refractivity contribution in [2.24, 2.45) is 5.41 Å². The van der Waals surface area contributed by atoms with Crippen LogP contribution in [0.25, 0.3) is 0 Å². The van der Waals surface area contributed by atoms with E-state index in [9.17, 15) is 14.7 Å². The van der Waals surface area contributed by atoms with Crippen LogP contribution < -0.4 is 0 Å². The van der Waals surface area contributed by atoms with E-state index in [2.05, 4.69) is 18.4 Å². The van der Waals surface area contributed by atoms with Crippen molar-refractivity contribution in [3.05, 3.63) is 35.5 Å². The maximum Gasteiger partial charge on any atom is 0.327 e. The fourth-order valence-electron chi connectivity index (χ4n) is 3.54. The summed E-state index contributed by atoms with van der Waals surface area (Å²) in [6.45, 7) is 5.72. The molecular weight excluding hydrogens is 332 g/mol. The number of carbonyl (C=O) groups is 2. The topological polar surface area (TPSA) is 72.8 Å². The number of carbonyl (C=O) groups excluding carboxylic acids is 2. The summed E-state index contributed by atoms with van der Waals surface area (Å²) in [6, 6.07) is 0. The molecule has 0 aromatic carbocycles. The first kappa shape index (κ1) is 20.0. The normalized spacial score (nSPS) is 22.0. The predicted molar refractivity (Wildman–Crippen MR) is 97.9 cm³/mol. The minimum Gasteiger partial charge on any atom is -0.468 e. The standard InChI is InChI=1S/C21H26O5/c1-15(2)17-14-21(18(22)25-3,19(23)26-4)13-16(17)9-8-12-20(24)10-6-5-7-11-20/h9,14,24H,1,5-7,10-11,13H2,2-4H3/b16-9+. The van der Waals surface area contributed by atoms with Crippen LogP contribution in [0.3, 0.4) is 0 Å². The van der Waals surface area contributed by atoms with Gasteiger partial charge in [0.1, 0.15) is 5.60 Å². The van der Waals surface area contributed by atoms with Crippen LogP contribution in [0.4, 0.5) is 0 Å². The number of hydrogen-bond acceptors (Lipinski definition) is 5. The van der Waals surface area contributed by atoms with Gasteiger partial charge in [0.2, 0.25) is 0 Å². The third kappa shape index (κ3) is 3.91. The van der Waals surface area contributed by atoms with Crippen molar-refractivity contribution in [1.82, 2.24) is 0 Å². The number of aliphatic hydroxyl groups is 1. The summed E-state index contributed by atoms with van der Waals surface area (Å²) in [4.78, 5) is 24.6. The molecule has 140 valence electrons. The molecule has 0 aromatic rings. The lowest BCUT2D eigenvalue weighted by Gasteiger charge is -2.26. The molecule has 2 aliphatic rings. The van der Waals surface area contributed by atoms with Crippen molar-refractivity contribution in [2.75, 3.05) is 14.2 Å². The molecule has 0 atom stereocenters. The summed E-state index contributed by atoms with van der Waals surface area (Å²) in [5.74, 6) is 4.51. The summed E-state index contributed by atoms with van der Waals surface area (Å²) >= 11 is 0. The van der Waals surface area contributed by atoms with Crippen molar-refractivity contribution in [1.29, 1.82) is 0 Å². The fraction of sp³-hybridized carbons (Fsp3) is 0.524. The Bertz CT molecular complexity index is 707. The first-order valence-electron chi connectivity index (χ1n) is 8.78. The molecule has 0 spiro atoms. The monoisotopic (exact) mass is 358 g/mol. The molecule has 0 radical (unpaired) electrons. The van der Waals surface area contributed by atoms with Crippen molar-refractivity contribution in [3.63, 3.8) is 0 Å². The van der Waals surface area contributed by atoms with Crippen LogP contribution >= 0.6 is 0 Å². The van der Waals surface area contributed by atoms with E-state index < -0.39 is 23.0 Å². The highest BCUT2D eigenvalue weighted by atomic mass is 16.5. The maximum atomic E-state index is 12.3. The van der Waals surface area contributed by atoms with E-state index in [-0.39, 0.29) is 6.42 Å². The lowest BCUT2D eigenvalue weighted by molar-refractivity contribution is -0.164. The Kier molecular flexibility index (Phi) is 6.09. The van der Waals surface area contributed by atoms with E-state index in [4.69, 9.17) is 9.47 Å². The smallest absolute Gasteiger partial charge is 0.327 e. The number of ether oxygens (including phenoxy) is 2. The van der Waals surface area contributed by atoms with E-state index in [1.54, 1.807) is 19.1 Å². The minimum atomic E-state index is -1.52. The Balaban J connectivity index is 2.38. The van der Waals surface area contributed by atoms with Crippen molar-refractivity contribution in [3.8, 4) is 11.8 Å². The van der Waals surface area contributed by atoms with Crippen LogP contribution in [0, 0.1) is 17.3 Å². The predicted octanol–water partition coefficient (Wildman–Crippen LogP) is 2.85. The second kappa shape index (κ2) is 7.92. The molecule has 0 aliphatic heterocycles. The maximum absolute atomic E-state index is 12.3. The van der Waals surface area contributed by atoms with E-state index in [1.807, 2.05) is 0 Å². The highest BCUT2D eigenvalue weighted by Gasteiger charge is 2.51. The molecule has 26 heavy (non-hydrogen) atoms. The lowest BCUT2D eigenvalue weighted by atomic mass is 9.85. The number of methoxy groups -OCH3 is 2. The molecule has 2 aliphatic carbocycles. The summed E-state index contributed by atoms with van der Waals surface area (Å²) in [5, 5.41) is 10.5. The highest BCUT2D eigenvalue weighted by molar-refractivity contribution is 6.04. The third-order valence-electron chi connectivity index (χ3n) is 5.00. The average molecular weight is 358 g/mol. The molecule has 5 heteroatoms. The Labute approximate surface area is 154 Å². The van der Waals surface area contributed by atoms with Gasteiger partial charge in [-0.3, -0.25) is 9.59 Å². The Morgan fingerprint density at radius 3 is 2.27 bits per heavy atom. The van der Waals surface area contributed by atoms with E-state index in [0.717, 1.165) is 19.3 Å². The summed E-state index contributed by atoms with van der Waals surface area (Å²) in [6.07, 6.45) is 7.69. The van der Waals surface area contributed by atoms with Crippen LogP contribution in [0.2, 0.25) is 0 Å². The van der Waals surface area contributed by atoms with Crippen LogP contribution in [0.15, 0.2) is 35.5 Å². The highest BCUT2D eigenvalue weighted by Crippen LogP contribution is 2.44. The largest absolute Gasteiger partial charge is 0.468 e. The zero-order valence-electron chi connectivity index (χ0n) is 15.7. The Hall–Kier alpha value is -2.32. The molecule has 2 rings (SSSR count). The zero-order chi connectivity index (χ0) is 19.4. The molecule has 0 bridgehead atoms. The van der Waals surface area contributed by atoms with Gasteiger partial charge in [0.15, 0.2) is 5.41 Å². The average Bonchev–Trinajstić information content (AvgIpc) is 3.02. The number of rotatable bonds is 3. The first-order chi connectivity index (χ1) is 12.3. The van der Waals surface area contributed by atoms with Crippen LogP contribution in [0.1, 0.15) is 45.4 Å². The quantitative estimate of drug-likeness (QED) is 0.477. The summed E-state index contributed by atoms with van der Waals surface area (Å²) < 4.78 is 9.67. The summed E-state index contributed by atoms with van der Waals surface area (Å²) in [5.41, 5.74) is -0.370. The van der Waals surface area contributed by atoms with Crippen LogP contribution in [-0.2, 0) is 19.1 Å². The molecule has 1 saturated carbocycles. The van der Waals surface area contributed by atoms with Crippen LogP contribution in [0.5, 0.6) is 0 Å². The number of hydrogen-bond donors (Lipinski definition) is 1. The Morgan fingerprint density at radius 2 is 1.77 bits per heavy atom. The second-order valence-corrected chi connectivity index (χ2v) is 7.00. The van der Waals surface area contributed by atoms with E-state index >= 15 is 0 Å². The molecule has 0 amide bonds. The number of esters is 2. The summed E-state index contributed by atoms with van der Waals surface area (Å²) in [7, 11) is 2.48. The van der Waals surface area contributed by atoms with Gasteiger partial charge in [0.25, 0.3) is 0 Å². The molecule has 0 heterocycles. The molecular formula is C21H26O5. The van der Waals surface area contributed by atoms with Gasteiger partial charge >= 0.3 is 11.9 Å². The third-order valence-corrected chi connectivity index (χ3v) is 5.00. The fourth-order valence-corrected chi connectivity index (χ4v) is 3.54. The van der Waals surface area contributed by atoms with Crippen molar-refractivity contribution >= 4 is 11.9 Å². The molecule has 0 unspecified atom stereocenters. The SMILES string of the molecule is C=C(C)C1=CC(C(=O)OC)(C(=O)OC)C/C1=C\C#CC1(O)CCCCC1. The van der Waals surface area contributed by atoms with Gasteiger partial charge in [0, 0.05) is 6.42 Å². The second-order valence-electron chi connectivity index (χ2n) is 7.00. The van der Waals surface area contributed by atoms with E-state index in [0.29, 0.717) is 29.6 Å². The van der Waals surface area contributed by atoms with Gasteiger partial charge in [-0.25, -0.2) is 0 Å². The molecule has 0 aromatic heterocycles. The Morgan fingerprint density at radius 1 is 1.19 bits per heavy atom. The van der Waals surface area contributed by atoms with Gasteiger partial charge in [-0.1, -0.05) is 30.4 Å². The minimum absolute atomic E-state index is 0.0989. The first-order valence-corrected chi connectivity index (χ1v) is 8.78.